The van der Waals surface area contributed by atoms with E-state index in [2.05, 4.69) is 4.72 Å². The maximum absolute atomic E-state index is 12.0. The highest BCUT2D eigenvalue weighted by atomic mass is 32.2. The maximum Gasteiger partial charge on any atom is 0.321 e. The lowest BCUT2D eigenvalue weighted by Gasteiger charge is -2.13. The van der Waals surface area contributed by atoms with E-state index in [4.69, 9.17) is 5.11 Å². The van der Waals surface area contributed by atoms with Gasteiger partial charge in [-0.1, -0.05) is 0 Å². The van der Waals surface area contributed by atoms with E-state index in [9.17, 15) is 13.2 Å². The average molecular weight is 309 g/mol. The van der Waals surface area contributed by atoms with Gasteiger partial charge in [0, 0.05) is 4.88 Å². The minimum absolute atomic E-state index is 0.149. The molecule has 0 aliphatic rings. The maximum atomic E-state index is 12.0. The van der Waals surface area contributed by atoms with Gasteiger partial charge in [-0.05, 0) is 37.5 Å². The van der Waals surface area contributed by atoms with Crippen LogP contribution in [0.5, 0.6) is 0 Å². The highest BCUT2D eigenvalue weighted by Crippen LogP contribution is 2.21. The summed E-state index contributed by atoms with van der Waals surface area (Å²) in [6, 6.07) is 2.09. The van der Waals surface area contributed by atoms with Crippen molar-refractivity contribution in [2.45, 2.75) is 23.6 Å². The number of hydrogen-bond donors (Lipinski definition) is 2. The predicted octanol–water partition coefficient (Wildman–Crippen LogP) is 1.54. The number of sulfonamides is 1. The third kappa shape index (κ3) is 4.27. The SMILES string of the molecule is CSCCC(NS(=O)(=O)c1ccc(C)s1)C(=O)O. The van der Waals surface area contributed by atoms with Crippen LogP contribution in [0.2, 0.25) is 0 Å². The van der Waals surface area contributed by atoms with Gasteiger partial charge < -0.3 is 5.11 Å². The van der Waals surface area contributed by atoms with Crippen molar-refractivity contribution in [2.75, 3.05) is 12.0 Å². The second kappa shape index (κ2) is 6.55. The summed E-state index contributed by atoms with van der Waals surface area (Å²) in [6.45, 7) is 1.80. The summed E-state index contributed by atoms with van der Waals surface area (Å²) in [7, 11) is -3.74. The zero-order valence-corrected chi connectivity index (χ0v) is 12.5. The molecule has 0 saturated carbocycles. The van der Waals surface area contributed by atoms with Gasteiger partial charge in [0.05, 0.1) is 0 Å². The molecule has 0 radical (unpaired) electrons. The molecule has 1 rings (SSSR count). The van der Waals surface area contributed by atoms with E-state index in [1.54, 1.807) is 13.0 Å². The van der Waals surface area contributed by atoms with Crippen molar-refractivity contribution in [1.29, 1.82) is 0 Å². The number of hydrogen-bond acceptors (Lipinski definition) is 5. The predicted molar refractivity (Wildman–Crippen MR) is 73.8 cm³/mol. The summed E-state index contributed by atoms with van der Waals surface area (Å²) in [5.74, 6) is -0.566. The lowest BCUT2D eigenvalue weighted by Crippen LogP contribution is -2.40. The zero-order valence-electron chi connectivity index (χ0n) is 10.0. The van der Waals surface area contributed by atoms with E-state index >= 15 is 0 Å². The van der Waals surface area contributed by atoms with Crippen LogP contribution in [0.3, 0.4) is 0 Å². The Labute approximate surface area is 115 Å². The number of carboxylic acids is 1. The molecule has 0 amide bonds. The van der Waals surface area contributed by atoms with Crippen molar-refractivity contribution in [2.24, 2.45) is 0 Å². The Bertz CT molecular complexity index is 509. The highest BCUT2D eigenvalue weighted by molar-refractivity contribution is 7.98. The van der Waals surface area contributed by atoms with Gasteiger partial charge in [0.2, 0.25) is 0 Å². The van der Waals surface area contributed by atoms with Gasteiger partial charge in [-0.25, -0.2) is 8.42 Å². The third-order valence-corrected chi connectivity index (χ3v) is 5.79. The molecule has 18 heavy (non-hydrogen) atoms. The summed E-state index contributed by atoms with van der Waals surface area (Å²) in [5.41, 5.74) is 0. The lowest BCUT2D eigenvalue weighted by molar-refractivity contribution is -0.139. The minimum Gasteiger partial charge on any atom is -0.480 e. The van der Waals surface area contributed by atoms with Crippen LogP contribution in [0.1, 0.15) is 11.3 Å². The van der Waals surface area contributed by atoms with Gasteiger partial charge in [0.1, 0.15) is 10.3 Å². The fourth-order valence-electron chi connectivity index (χ4n) is 1.27. The molecule has 0 bridgehead atoms. The number of thioether (sulfide) groups is 1. The summed E-state index contributed by atoms with van der Waals surface area (Å²) in [5, 5.41) is 8.98. The molecule has 0 aliphatic heterocycles. The minimum atomic E-state index is -3.74. The summed E-state index contributed by atoms with van der Waals surface area (Å²) in [6.07, 6.45) is 2.11. The number of rotatable bonds is 7. The van der Waals surface area contributed by atoms with Gasteiger partial charge >= 0.3 is 5.97 Å². The fraction of sp³-hybridized carbons (Fsp3) is 0.500. The topological polar surface area (TPSA) is 83.5 Å². The molecule has 1 aromatic rings. The number of thiophene rings is 1. The van der Waals surface area contributed by atoms with E-state index < -0.39 is 22.0 Å². The summed E-state index contributed by atoms with van der Waals surface area (Å²) < 4.78 is 26.3. The van der Waals surface area contributed by atoms with Gasteiger partial charge in [0.25, 0.3) is 10.0 Å². The van der Waals surface area contributed by atoms with Gasteiger partial charge in [-0.3, -0.25) is 4.79 Å². The molecule has 2 N–H and O–H groups in total. The molecule has 0 fully saturated rings. The first-order chi connectivity index (χ1) is 8.36. The van der Waals surface area contributed by atoms with Crippen LogP contribution in [0.25, 0.3) is 0 Å². The highest BCUT2D eigenvalue weighted by Gasteiger charge is 2.25. The zero-order chi connectivity index (χ0) is 13.8. The van der Waals surface area contributed by atoms with Gasteiger partial charge in [0.15, 0.2) is 0 Å². The van der Waals surface area contributed by atoms with E-state index in [1.807, 2.05) is 6.26 Å². The Balaban J connectivity index is 2.82. The van der Waals surface area contributed by atoms with E-state index in [1.165, 1.54) is 17.8 Å². The molecule has 5 nitrogen and oxygen atoms in total. The first kappa shape index (κ1) is 15.5. The molecule has 1 unspecified atom stereocenters. The van der Waals surface area contributed by atoms with Crippen LogP contribution < -0.4 is 4.72 Å². The van der Waals surface area contributed by atoms with Gasteiger partial charge in [-0.2, -0.15) is 16.5 Å². The Hall–Kier alpha value is -0.570. The Morgan fingerprint density at radius 2 is 2.22 bits per heavy atom. The third-order valence-electron chi connectivity index (χ3n) is 2.19. The molecule has 1 atom stereocenters. The van der Waals surface area contributed by atoms with Crippen molar-refractivity contribution in [3.63, 3.8) is 0 Å². The molecule has 0 aliphatic carbocycles. The molecule has 1 heterocycles. The van der Waals surface area contributed by atoms with Crippen molar-refractivity contribution >= 4 is 39.1 Å². The largest absolute Gasteiger partial charge is 0.480 e. The number of carboxylic acid groups (broad SMARTS) is 1. The van der Waals surface area contributed by atoms with E-state index in [-0.39, 0.29) is 10.6 Å². The smallest absolute Gasteiger partial charge is 0.321 e. The quantitative estimate of drug-likeness (QED) is 0.798. The normalized spacial score (nSPS) is 13.4. The first-order valence-corrected chi connectivity index (χ1v) is 8.86. The van der Waals surface area contributed by atoms with Crippen LogP contribution in [0.15, 0.2) is 16.3 Å². The van der Waals surface area contributed by atoms with Crippen LogP contribution in [0.4, 0.5) is 0 Å². The van der Waals surface area contributed by atoms with Crippen LogP contribution >= 0.6 is 23.1 Å². The molecule has 1 aromatic heterocycles. The monoisotopic (exact) mass is 309 g/mol. The molecule has 0 aromatic carbocycles. The summed E-state index contributed by atoms with van der Waals surface area (Å²) in [4.78, 5) is 11.9. The first-order valence-electron chi connectivity index (χ1n) is 5.17. The molecular weight excluding hydrogens is 294 g/mol. The Morgan fingerprint density at radius 1 is 1.56 bits per heavy atom. The number of carbonyl (C=O) groups is 1. The van der Waals surface area contributed by atoms with Crippen LogP contribution in [-0.4, -0.2) is 37.5 Å². The Morgan fingerprint density at radius 3 is 2.67 bits per heavy atom. The lowest BCUT2D eigenvalue weighted by atomic mass is 10.2. The van der Waals surface area contributed by atoms with Crippen molar-refractivity contribution in [3.05, 3.63) is 17.0 Å². The van der Waals surface area contributed by atoms with Crippen molar-refractivity contribution < 1.29 is 18.3 Å². The number of aliphatic carboxylic acids is 1. The van der Waals surface area contributed by atoms with Gasteiger partial charge in [-0.15, -0.1) is 11.3 Å². The molecule has 8 heteroatoms. The van der Waals surface area contributed by atoms with E-state index in [0.29, 0.717) is 5.75 Å². The molecular formula is C10H15NO4S3. The van der Waals surface area contributed by atoms with Crippen molar-refractivity contribution in [1.82, 2.24) is 4.72 Å². The molecule has 0 spiro atoms. The van der Waals surface area contributed by atoms with Crippen molar-refractivity contribution in [3.8, 4) is 0 Å². The van der Waals surface area contributed by atoms with E-state index in [0.717, 1.165) is 16.2 Å². The fourth-order valence-corrected chi connectivity index (χ4v) is 4.27. The second-order valence-electron chi connectivity index (χ2n) is 3.66. The molecule has 102 valence electrons. The summed E-state index contributed by atoms with van der Waals surface area (Å²) >= 11 is 2.60. The average Bonchev–Trinajstić information content (AvgIpc) is 2.71. The van der Waals surface area contributed by atoms with Crippen LogP contribution in [0, 0.1) is 6.92 Å². The number of aryl methyl sites for hydroxylation is 1. The Kier molecular flexibility index (Phi) is 5.64. The van der Waals surface area contributed by atoms with Crippen LogP contribution in [-0.2, 0) is 14.8 Å². The molecule has 0 saturated heterocycles. The number of nitrogens with one attached hydrogen (secondary N) is 1. The second-order valence-corrected chi connectivity index (χ2v) is 7.87. The standard InChI is InChI=1S/C10H15NO4S3/c1-7-3-4-9(17-7)18(14,15)11-8(10(12)13)5-6-16-2/h3-4,8,11H,5-6H2,1-2H3,(H,12,13).